The van der Waals surface area contributed by atoms with Gasteiger partial charge in [0.05, 0.1) is 12.7 Å². The number of rotatable bonds is 3. The first kappa shape index (κ1) is 13.3. The third-order valence-corrected chi connectivity index (χ3v) is 4.87. The van der Waals surface area contributed by atoms with Gasteiger partial charge in [-0.1, -0.05) is 0 Å². The fourth-order valence-corrected chi connectivity index (χ4v) is 3.55. The van der Waals surface area contributed by atoms with Crippen LogP contribution in [0.3, 0.4) is 0 Å². The van der Waals surface area contributed by atoms with Gasteiger partial charge in [-0.15, -0.1) is 0 Å². The molecule has 3 atom stereocenters. The summed E-state index contributed by atoms with van der Waals surface area (Å²) in [5.41, 5.74) is 1.38. The van der Waals surface area contributed by atoms with Crippen LogP contribution in [0.15, 0.2) is 6.07 Å². The molecule has 1 amide bonds. The van der Waals surface area contributed by atoms with Crippen molar-refractivity contribution in [3.8, 4) is 0 Å². The van der Waals surface area contributed by atoms with E-state index < -0.39 is 0 Å². The zero-order valence-electron chi connectivity index (χ0n) is 12.3. The summed E-state index contributed by atoms with van der Waals surface area (Å²) in [5, 5.41) is 9.93. The lowest BCUT2D eigenvalue weighted by atomic mass is 10.1. The van der Waals surface area contributed by atoms with Crippen molar-refractivity contribution in [2.24, 2.45) is 5.92 Å². The van der Waals surface area contributed by atoms with E-state index in [1.165, 1.54) is 12.8 Å². The third-order valence-electron chi connectivity index (χ3n) is 4.87. The van der Waals surface area contributed by atoms with E-state index in [0.29, 0.717) is 17.8 Å². The molecule has 0 unspecified atom stereocenters. The van der Waals surface area contributed by atoms with E-state index in [9.17, 15) is 4.79 Å². The zero-order valence-corrected chi connectivity index (χ0v) is 12.3. The van der Waals surface area contributed by atoms with E-state index in [-0.39, 0.29) is 11.9 Å². The maximum Gasteiger partial charge on any atom is 0.272 e. The predicted octanol–water partition coefficient (Wildman–Crippen LogP) is 0.700. The van der Waals surface area contributed by atoms with E-state index in [1.54, 1.807) is 6.07 Å². The Balaban J connectivity index is 1.34. The molecule has 2 saturated heterocycles. The summed E-state index contributed by atoms with van der Waals surface area (Å²) in [5.74, 6) is 0.704. The van der Waals surface area contributed by atoms with Crippen molar-refractivity contribution in [2.45, 2.75) is 44.4 Å². The van der Waals surface area contributed by atoms with Gasteiger partial charge in [-0.25, -0.2) is 0 Å². The fraction of sp³-hybridized carbons (Fsp3) is 0.733. The van der Waals surface area contributed by atoms with Crippen molar-refractivity contribution in [3.05, 3.63) is 17.5 Å². The second-order valence-electron chi connectivity index (χ2n) is 6.66. The van der Waals surface area contributed by atoms with Crippen molar-refractivity contribution in [1.29, 1.82) is 0 Å². The first-order valence-corrected chi connectivity index (χ1v) is 7.87. The van der Waals surface area contributed by atoms with Crippen molar-refractivity contribution in [3.63, 3.8) is 0 Å². The Bertz CT molecular complexity index is 540. The van der Waals surface area contributed by atoms with Gasteiger partial charge in [-0.2, -0.15) is 5.10 Å². The van der Waals surface area contributed by atoms with Crippen LogP contribution in [0.5, 0.6) is 0 Å². The number of hydrogen-bond acceptors (Lipinski definition) is 4. The molecule has 21 heavy (non-hydrogen) atoms. The molecule has 0 bridgehead atoms. The Morgan fingerprint density at radius 1 is 1.48 bits per heavy atom. The van der Waals surface area contributed by atoms with Gasteiger partial charge in [0.15, 0.2) is 0 Å². The highest BCUT2D eigenvalue weighted by Gasteiger charge is 2.42. The SMILES string of the molecule is Cc1cc(C(=O)N[C@H]2C[C@H]3CO[C@H](C4CC4)CN3C2)n[nH]1. The van der Waals surface area contributed by atoms with E-state index >= 15 is 0 Å². The summed E-state index contributed by atoms with van der Waals surface area (Å²) in [7, 11) is 0. The normalized spacial score (nSPS) is 32.9. The summed E-state index contributed by atoms with van der Waals surface area (Å²) in [6.45, 7) is 4.68. The average molecular weight is 290 g/mol. The van der Waals surface area contributed by atoms with Gasteiger partial charge in [0.1, 0.15) is 5.69 Å². The lowest BCUT2D eigenvalue weighted by Crippen LogP contribution is -2.47. The van der Waals surface area contributed by atoms with Crippen molar-refractivity contribution < 1.29 is 9.53 Å². The van der Waals surface area contributed by atoms with E-state index in [0.717, 1.165) is 37.7 Å². The van der Waals surface area contributed by atoms with E-state index in [4.69, 9.17) is 4.74 Å². The topological polar surface area (TPSA) is 70.2 Å². The Labute approximate surface area is 124 Å². The minimum absolute atomic E-state index is 0.0798. The molecule has 3 fully saturated rings. The molecule has 0 spiro atoms. The molecule has 6 nitrogen and oxygen atoms in total. The number of aromatic nitrogens is 2. The van der Waals surface area contributed by atoms with Crippen LogP contribution in [0.2, 0.25) is 0 Å². The molecule has 3 aliphatic rings. The van der Waals surface area contributed by atoms with Crippen molar-refractivity contribution >= 4 is 5.91 Å². The number of amides is 1. The molecule has 3 heterocycles. The number of nitrogens with one attached hydrogen (secondary N) is 2. The zero-order chi connectivity index (χ0) is 14.4. The molecule has 1 aliphatic carbocycles. The average Bonchev–Trinajstić information content (AvgIpc) is 3.10. The number of aromatic amines is 1. The third kappa shape index (κ3) is 2.70. The van der Waals surface area contributed by atoms with Crippen LogP contribution in [0.25, 0.3) is 0 Å². The molecule has 1 aromatic heterocycles. The minimum atomic E-state index is -0.0798. The maximum absolute atomic E-state index is 12.2. The largest absolute Gasteiger partial charge is 0.375 e. The standard InChI is InChI=1S/C15H22N4O2/c1-9-4-13(18-17-9)15(20)16-11-5-12-8-21-14(10-2-3-10)7-19(12)6-11/h4,10-12,14H,2-3,5-8H2,1H3,(H,16,20)(H,17,18)/t11-,12-,14-/m0/s1. The van der Waals surface area contributed by atoms with Gasteiger partial charge in [-0.05, 0) is 38.2 Å². The van der Waals surface area contributed by atoms with Crippen LogP contribution in [-0.2, 0) is 4.74 Å². The summed E-state index contributed by atoms with van der Waals surface area (Å²) >= 11 is 0. The Kier molecular flexibility index (Phi) is 3.23. The monoisotopic (exact) mass is 290 g/mol. The lowest BCUT2D eigenvalue weighted by molar-refractivity contribution is -0.0581. The number of carbonyl (C=O) groups is 1. The Hall–Kier alpha value is -1.40. The summed E-state index contributed by atoms with van der Waals surface area (Å²) in [6.07, 6.45) is 4.04. The highest BCUT2D eigenvalue weighted by molar-refractivity contribution is 5.92. The number of morpholine rings is 1. The minimum Gasteiger partial charge on any atom is -0.375 e. The van der Waals surface area contributed by atoms with Gasteiger partial charge in [0.25, 0.3) is 5.91 Å². The quantitative estimate of drug-likeness (QED) is 0.860. The number of fused-ring (bicyclic) bond motifs is 1. The molecule has 2 aliphatic heterocycles. The predicted molar refractivity (Wildman–Crippen MR) is 77.0 cm³/mol. The number of H-pyrrole nitrogens is 1. The molecule has 0 aromatic carbocycles. The number of carbonyl (C=O) groups excluding carboxylic acids is 1. The lowest BCUT2D eigenvalue weighted by Gasteiger charge is -2.35. The molecule has 0 radical (unpaired) electrons. The fourth-order valence-electron chi connectivity index (χ4n) is 3.55. The number of nitrogens with zero attached hydrogens (tertiary/aromatic N) is 2. The summed E-state index contributed by atoms with van der Waals surface area (Å²) < 4.78 is 5.99. The van der Waals surface area contributed by atoms with Crippen molar-refractivity contribution in [2.75, 3.05) is 19.7 Å². The maximum atomic E-state index is 12.2. The van der Waals surface area contributed by atoms with Gasteiger partial charge in [-0.3, -0.25) is 14.8 Å². The molecular weight excluding hydrogens is 268 g/mol. The second-order valence-corrected chi connectivity index (χ2v) is 6.66. The second kappa shape index (κ2) is 5.10. The van der Waals surface area contributed by atoms with Crippen LogP contribution >= 0.6 is 0 Å². The van der Waals surface area contributed by atoms with Gasteiger partial charge >= 0.3 is 0 Å². The Morgan fingerprint density at radius 2 is 2.33 bits per heavy atom. The van der Waals surface area contributed by atoms with Crippen LogP contribution in [-0.4, -0.2) is 58.9 Å². The van der Waals surface area contributed by atoms with E-state index in [1.807, 2.05) is 6.92 Å². The Morgan fingerprint density at radius 3 is 3.05 bits per heavy atom. The smallest absolute Gasteiger partial charge is 0.272 e. The highest BCUT2D eigenvalue weighted by Crippen LogP contribution is 2.37. The molecule has 1 aromatic rings. The van der Waals surface area contributed by atoms with Gasteiger partial charge in [0.2, 0.25) is 0 Å². The molecular formula is C15H22N4O2. The van der Waals surface area contributed by atoms with Gasteiger partial charge < -0.3 is 10.1 Å². The van der Waals surface area contributed by atoms with Crippen LogP contribution in [0.4, 0.5) is 0 Å². The molecule has 114 valence electrons. The van der Waals surface area contributed by atoms with Crippen molar-refractivity contribution in [1.82, 2.24) is 20.4 Å². The number of aryl methyl sites for hydroxylation is 1. The van der Waals surface area contributed by atoms with Gasteiger partial charge in [0, 0.05) is 30.9 Å². The molecule has 1 saturated carbocycles. The summed E-state index contributed by atoms with van der Waals surface area (Å²) in [6, 6.07) is 2.46. The first-order chi connectivity index (χ1) is 10.2. The first-order valence-electron chi connectivity index (χ1n) is 7.87. The molecule has 4 rings (SSSR count). The summed E-state index contributed by atoms with van der Waals surface area (Å²) in [4.78, 5) is 14.7. The number of ether oxygens (including phenoxy) is 1. The van der Waals surface area contributed by atoms with Crippen LogP contribution in [0.1, 0.15) is 35.4 Å². The van der Waals surface area contributed by atoms with Crippen LogP contribution < -0.4 is 5.32 Å². The molecule has 6 heteroatoms. The highest BCUT2D eigenvalue weighted by atomic mass is 16.5. The molecule has 2 N–H and O–H groups in total. The number of hydrogen-bond donors (Lipinski definition) is 2. The van der Waals surface area contributed by atoms with E-state index in [2.05, 4.69) is 20.4 Å². The van der Waals surface area contributed by atoms with Crippen LogP contribution in [0, 0.1) is 12.8 Å².